The number of non-ortho nitro benzene ring substituents is 1. The smallest absolute Gasteiger partial charge is 0.325 e. The molecule has 65 heavy (non-hydrogen) atoms. The van der Waals surface area contributed by atoms with Gasteiger partial charge in [-0.2, -0.15) is 0 Å². The van der Waals surface area contributed by atoms with Crippen molar-refractivity contribution in [3.05, 3.63) is 127 Å². The maximum absolute atomic E-state index is 13.4. The molecule has 3 aliphatic rings. The number of nitrogens with one attached hydrogen (secondary N) is 2. The molecule has 1 saturated heterocycles. The van der Waals surface area contributed by atoms with Crippen molar-refractivity contribution in [3.63, 3.8) is 0 Å². The average molecular weight is 950 g/mol. The van der Waals surface area contributed by atoms with E-state index in [0.29, 0.717) is 61.6 Å². The topological polar surface area (TPSA) is 166 Å². The van der Waals surface area contributed by atoms with Gasteiger partial charge in [0.25, 0.3) is 5.69 Å². The zero-order valence-corrected chi connectivity index (χ0v) is 39.5. The van der Waals surface area contributed by atoms with Crippen LogP contribution in [-0.4, -0.2) is 69.9 Å². The normalized spacial score (nSPS) is 19.0. The molecule has 14 heteroatoms. The maximum Gasteiger partial charge on any atom is 0.325 e. The van der Waals surface area contributed by atoms with E-state index in [-0.39, 0.29) is 46.3 Å². The Hall–Kier alpha value is -5.47. The van der Waals surface area contributed by atoms with Crippen molar-refractivity contribution in [2.45, 2.75) is 110 Å². The minimum atomic E-state index is -0.482. The number of carbonyl (C=O) groups excluding carboxylic acids is 3. The Morgan fingerprint density at radius 2 is 1.75 bits per heavy atom. The lowest BCUT2D eigenvalue weighted by Gasteiger charge is -2.44. The molecule has 1 aromatic heterocycles. The number of urea groups is 1. The number of ketones is 1. The van der Waals surface area contributed by atoms with Gasteiger partial charge < -0.3 is 19.7 Å². The summed E-state index contributed by atoms with van der Waals surface area (Å²) in [5.74, 6) is 2.08. The predicted octanol–water partition coefficient (Wildman–Crippen LogP) is 11.1. The fraction of sp³-hybridized carbons (Fsp3) is 0.471. The van der Waals surface area contributed by atoms with Crippen molar-refractivity contribution < 1.29 is 28.8 Å². The standard InChI is InChI=1S/C51H61BrN6O7/c1-33-25-47(45(28-44(33)52)55-50(61)56-48-30-53-34(2)29-54-48)65-32-39-31-57(23-24-64-39)49(60)14-9-7-5-6-8-11-35-15-17-36(18-16-35)46(59)21-22-51(3,4)43-26-37-19-20-38(58(62)63)27-42(37)40-12-10-13-41(40)43/h10,12,15-20,25,27-30,39-41,43H,5-9,11,13-14,21-24,26,31-32H2,1-4H3,(H2,54,55,56,61)/t39-,40?,41?,43?/m0/s1. The van der Waals surface area contributed by atoms with Crippen LogP contribution in [-0.2, 0) is 22.4 Å². The Morgan fingerprint density at radius 1 is 0.969 bits per heavy atom. The van der Waals surface area contributed by atoms with Crippen LogP contribution in [0.25, 0.3) is 0 Å². The lowest BCUT2D eigenvalue weighted by molar-refractivity contribution is -0.385. The van der Waals surface area contributed by atoms with Gasteiger partial charge in [-0.25, -0.2) is 9.78 Å². The second-order valence-electron chi connectivity index (χ2n) is 18.5. The molecule has 3 unspecified atom stereocenters. The third-order valence-electron chi connectivity index (χ3n) is 13.4. The van der Waals surface area contributed by atoms with Crippen molar-refractivity contribution in [1.29, 1.82) is 0 Å². The number of benzene rings is 3. The van der Waals surface area contributed by atoms with Crippen LogP contribution in [0.1, 0.15) is 116 Å². The van der Waals surface area contributed by atoms with Crippen LogP contribution in [0.15, 0.2) is 83.6 Å². The first-order chi connectivity index (χ1) is 31.2. The van der Waals surface area contributed by atoms with Crippen molar-refractivity contribution in [3.8, 4) is 5.75 Å². The number of carbonyl (C=O) groups is 3. The molecule has 7 rings (SSSR count). The second kappa shape index (κ2) is 21.7. The number of halogens is 1. The Bertz CT molecular complexity index is 2370. The van der Waals surface area contributed by atoms with Crippen LogP contribution in [0.3, 0.4) is 0 Å². The Labute approximate surface area is 390 Å². The van der Waals surface area contributed by atoms with E-state index in [1.54, 1.807) is 24.4 Å². The third kappa shape index (κ3) is 12.5. The number of aryl methyl sites for hydroxylation is 3. The minimum absolute atomic E-state index is 0.0636. The number of Topliss-reactive ketones (excluding diaryl/α,β-unsaturated/α-hetero) is 1. The summed E-state index contributed by atoms with van der Waals surface area (Å²) < 4.78 is 13.0. The van der Waals surface area contributed by atoms with Gasteiger partial charge >= 0.3 is 6.03 Å². The molecule has 344 valence electrons. The number of aromatic nitrogens is 2. The van der Waals surface area contributed by atoms with Crippen LogP contribution in [0.5, 0.6) is 5.75 Å². The van der Waals surface area contributed by atoms with E-state index in [4.69, 9.17) is 9.47 Å². The maximum atomic E-state index is 13.4. The van der Waals surface area contributed by atoms with Gasteiger partial charge in [-0.3, -0.25) is 30.0 Å². The quantitative estimate of drug-likeness (QED) is 0.0306. The zero-order chi connectivity index (χ0) is 46.1. The molecule has 2 aliphatic carbocycles. The van der Waals surface area contributed by atoms with Gasteiger partial charge in [0.15, 0.2) is 11.6 Å². The fourth-order valence-corrected chi connectivity index (χ4v) is 9.95. The molecule has 4 aromatic rings. The first-order valence-electron chi connectivity index (χ1n) is 23.0. The van der Waals surface area contributed by atoms with Gasteiger partial charge in [0.2, 0.25) is 5.91 Å². The molecule has 3 aromatic carbocycles. The van der Waals surface area contributed by atoms with E-state index < -0.39 is 6.03 Å². The first-order valence-corrected chi connectivity index (χ1v) is 23.8. The highest BCUT2D eigenvalue weighted by Crippen LogP contribution is 2.53. The Morgan fingerprint density at radius 3 is 2.52 bits per heavy atom. The molecule has 1 fully saturated rings. The van der Waals surface area contributed by atoms with E-state index in [0.717, 1.165) is 84.6 Å². The highest BCUT2D eigenvalue weighted by molar-refractivity contribution is 9.10. The van der Waals surface area contributed by atoms with E-state index >= 15 is 0 Å². The summed E-state index contributed by atoms with van der Waals surface area (Å²) in [5.41, 5.74) is 6.52. The van der Waals surface area contributed by atoms with Crippen molar-refractivity contribution in [1.82, 2.24) is 14.9 Å². The number of anilines is 2. The van der Waals surface area contributed by atoms with Crippen LogP contribution in [0.4, 0.5) is 22.0 Å². The fourth-order valence-electron chi connectivity index (χ4n) is 9.60. The molecule has 3 amide bonds. The second-order valence-corrected chi connectivity index (χ2v) is 19.4. The number of allylic oxidation sites excluding steroid dienone is 2. The highest BCUT2D eigenvalue weighted by Gasteiger charge is 2.44. The predicted molar refractivity (Wildman–Crippen MR) is 256 cm³/mol. The molecule has 0 radical (unpaired) electrons. The number of hydrogen-bond acceptors (Lipinski definition) is 9. The lowest BCUT2D eigenvalue weighted by atomic mass is 9.59. The summed E-state index contributed by atoms with van der Waals surface area (Å²) in [6.45, 7) is 9.97. The number of nitro benzene ring substituents is 1. The molecule has 13 nitrogen and oxygen atoms in total. The SMILES string of the molecule is Cc1cnc(NC(=O)Nc2cc(Br)c(C)cc2OC[C@@H]2CN(C(=O)CCCCCCCc3ccc(C(=O)CCC(C)(C)C4Cc5ccc([N+](=O)[O-])cc5C5C=CCC54)cc3)CCO2)cn1. The third-order valence-corrected chi connectivity index (χ3v) is 14.3. The van der Waals surface area contributed by atoms with Crippen LogP contribution < -0.4 is 15.4 Å². The van der Waals surface area contributed by atoms with Gasteiger partial charge in [-0.15, -0.1) is 0 Å². The van der Waals surface area contributed by atoms with E-state index in [1.165, 1.54) is 17.3 Å². The average Bonchev–Trinajstić information content (AvgIpc) is 3.80. The van der Waals surface area contributed by atoms with E-state index in [9.17, 15) is 24.5 Å². The van der Waals surface area contributed by atoms with E-state index in [2.05, 4.69) is 74.7 Å². The number of fused-ring (bicyclic) bond motifs is 3. The van der Waals surface area contributed by atoms with Gasteiger partial charge in [0, 0.05) is 47.5 Å². The summed E-state index contributed by atoms with van der Waals surface area (Å²) in [6, 6.07) is 16.6. The summed E-state index contributed by atoms with van der Waals surface area (Å²) >= 11 is 3.54. The van der Waals surface area contributed by atoms with Crippen molar-refractivity contribution >= 4 is 50.8 Å². The number of morpholine rings is 1. The number of nitro groups is 1. The molecular formula is C51H61BrN6O7. The first kappa shape index (κ1) is 47.5. The number of unbranched alkanes of at least 4 members (excludes halogenated alkanes) is 4. The van der Waals surface area contributed by atoms with Crippen molar-refractivity contribution in [2.24, 2.45) is 17.3 Å². The molecule has 0 bridgehead atoms. The van der Waals surface area contributed by atoms with Gasteiger partial charge in [0.05, 0.1) is 41.8 Å². The summed E-state index contributed by atoms with van der Waals surface area (Å²) in [5, 5.41) is 17.0. The molecule has 4 atom stereocenters. The molecule has 2 heterocycles. The number of amides is 3. The number of rotatable bonds is 19. The minimum Gasteiger partial charge on any atom is -0.489 e. The molecular weight excluding hydrogens is 888 g/mol. The summed E-state index contributed by atoms with van der Waals surface area (Å²) in [6.07, 6.45) is 16.8. The van der Waals surface area contributed by atoms with Crippen LogP contribution in [0.2, 0.25) is 0 Å². The lowest BCUT2D eigenvalue weighted by Crippen LogP contribution is -2.47. The monoisotopic (exact) mass is 948 g/mol. The largest absolute Gasteiger partial charge is 0.489 e. The molecule has 0 spiro atoms. The highest BCUT2D eigenvalue weighted by atomic mass is 79.9. The molecule has 0 saturated carbocycles. The number of ether oxygens (including phenoxy) is 2. The van der Waals surface area contributed by atoms with Gasteiger partial charge in [-0.05, 0) is 104 Å². The molecule has 2 N–H and O–H groups in total. The number of hydrogen-bond donors (Lipinski definition) is 2. The van der Waals surface area contributed by atoms with Crippen LogP contribution in [0, 0.1) is 41.2 Å². The Kier molecular flexibility index (Phi) is 15.8. The van der Waals surface area contributed by atoms with Crippen molar-refractivity contribution in [2.75, 3.05) is 36.9 Å². The summed E-state index contributed by atoms with van der Waals surface area (Å²) in [4.78, 5) is 60.7. The Balaban J connectivity index is 0.780. The van der Waals surface area contributed by atoms with Gasteiger partial charge in [0.1, 0.15) is 18.5 Å². The van der Waals surface area contributed by atoms with E-state index in [1.807, 2.05) is 43.0 Å². The molecule has 1 aliphatic heterocycles. The van der Waals surface area contributed by atoms with Crippen LogP contribution >= 0.6 is 15.9 Å². The number of nitrogens with zero attached hydrogens (tertiary/aromatic N) is 4. The van der Waals surface area contributed by atoms with Gasteiger partial charge in [-0.1, -0.05) is 91.5 Å². The summed E-state index contributed by atoms with van der Waals surface area (Å²) in [7, 11) is 0. The zero-order valence-electron chi connectivity index (χ0n) is 37.9.